The van der Waals surface area contributed by atoms with Gasteiger partial charge in [-0.1, -0.05) is 0 Å². The molecule has 0 aliphatic carbocycles. The summed E-state index contributed by atoms with van der Waals surface area (Å²) >= 11 is 0. The monoisotopic (exact) mass is 260 g/mol. The van der Waals surface area contributed by atoms with E-state index in [-0.39, 0.29) is 6.04 Å². The topological polar surface area (TPSA) is 67.9 Å². The molecule has 0 bridgehead atoms. The van der Waals surface area contributed by atoms with Crippen molar-refractivity contribution in [1.82, 2.24) is 10.4 Å². The molecule has 1 atom stereocenters. The van der Waals surface area contributed by atoms with Crippen LogP contribution in [-0.2, 0) is 14.3 Å². The van der Waals surface area contributed by atoms with Crippen LogP contribution in [-0.4, -0.2) is 41.9 Å². The molecule has 6 heteroatoms. The molecule has 1 amide bonds. The first-order valence-electron chi connectivity index (χ1n) is 5.94. The van der Waals surface area contributed by atoms with E-state index < -0.39 is 23.7 Å². The van der Waals surface area contributed by atoms with Crippen molar-refractivity contribution in [2.75, 3.05) is 7.11 Å². The standard InChI is InChI=1S/C12H24N2O4/c1-8(2)14(9(3)10(15)17-7)13-11(16)18-12(4,5)6/h8-9H,1-7H3,(H,13,16)/t9-/m1/s1. The molecule has 0 aliphatic heterocycles. The number of hydrogen-bond acceptors (Lipinski definition) is 5. The molecule has 0 fully saturated rings. The smallest absolute Gasteiger partial charge is 0.422 e. The molecule has 1 N–H and O–H groups in total. The highest BCUT2D eigenvalue weighted by Gasteiger charge is 2.27. The van der Waals surface area contributed by atoms with E-state index in [4.69, 9.17) is 4.74 Å². The lowest BCUT2D eigenvalue weighted by Gasteiger charge is -2.32. The van der Waals surface area contributed by atoms with Crippen molar-refractivity contribution in [3.8, 4) is 0 Å². The van der Waals surface area contributed by atoms with Gasteiger partial charge in [-0.25, -0.2) is 9.80 Å². The van der Waals surface area contributed by atoms with Crippen LogP contribution < -0.4 is 5.43 Å². The molecule has 0 aliphatic rings. The maximum Gasteiger partial charge on any atom is 0.422 e. The average Bonchev–Trinajstić information content (AvgIpc) is 2.20. The van der Waals surface area contributed by atoms with Crippen molar-refractivity contribution in [3.63, 3.8) is 0 Å². The van der Waals surface area contributed by atoms with Crippen molar-refractivity contribution >= 4 is 12.1 Å². The van der Waals surface area contributed by atoms with Crippen molar-refractivity contribution in [3.05, 3.63) is 0 Å². The zero-order valence-corrected chi connectivity index (χ0v) is 12.2. The third kappa shape index (κ3) is 5.86. The molecule has 6 nitrogen and oxygen atoms in total. The number of carbonyl (C=O) groups is 2. The number of amides is 1. The maximum atomic E-state index is 11.7. The average molecular weight is 260 g/mol. The summed E-state index contributed by atoms with van der Waals surface area (Å²) < 4.78 is 9.79. The van der Waals surface area contributed by atoms with Gasteiger partial charge in [0.05, 0.1) is 7.11 Å². The summed E-state index contributed by atoms with van der Waals surface area (Å²) in [6.45, 7) is 10.7. The number of nitrogens with one attached hydrogen (secondary N) is 1. The Bertz CT molecular complexity index is 297. The lowest BCUT2D eigenvalue weighted by atomic mass is 10.2. The number of rotatable bonds is 4. The first-order chi connectivity index (χ1) is 8.08. The van der Waals surface area contributed by atoms with Gasteiger partial charge in [-0.05, 0) is 41.5 Å². The third-order valence-corrected chi connectivity index (χ3v) is 2.14. The molecule has 0 rings (SSSR count). The fourth-order valence-electron chi connectivity index (χ4n) is 1.36. The van der Waals surface area contributed by atoms with Crippen LogP contribution >= 0.6 is 0 Å². The van der Waals surface area contributed by atoms with Crippen molar-refractivity contribution in [2.45, 2.75) is 59.2 Å². The Morgan fingerprint density at radius 1 is 1.17 bits per heavy atom. The molecule has 106 valence electrons. The molecule has 0 aromatic carbocycles. The number of nitrogens with zero attached hydrogens (tertiary/aromatic N) is 1. The van der Waals surface area contributed by atoms with Gasteiger partial charge >= 0.3 is 12.1 Å². The molecule has 0 heterocycles. The fraction of sp³-hybridized carbons (Fsp3) is 0.833. The highest BCUT2D eigenvalue weighted by Crippen LogP contribution is 2.09. The van der Waals surface area contributed by atoms with Crippen LogP contribution in [0, 0.1) is 0 Å². The molecular formula is C12H24N2O4. The summed E-state index contributed by atoms with van der Waals surface area (Å²) in [6, 6.07) is -0.644. The van der Waals surface area contributed by atoms with Crippen LogP contribution in [0.25, 0.3) is 0 Å². The predicted molar refractivity (Wildman–Crippen MR) is 67.8 cm³/mol. The largest absolute Gasteiger partial charge is 0.468 e. The second-order valence-corrected chi connectivity index (χ2v) is 5.31. The SMILES string of the molecule is COC(=O)[C@@H](C)N(NC(=O)OC(C)(C)C)C(C)C. The first kappa shape index (κ1) is 16.7. The Morgan fingerprint density at radius 2 is 1.67 bits per heavy atom. The molecule has 0 saturated heterocycles. The van der Waals surface area contributed by atoms with Gasteiger partial charge in [-0.15, -0.1) is 0 Å². The number of esters is 1. The number of carbonyl (C=O) groups excluding carboxylic acids is 2. The minimum Gasteiger partial charge on any atom is -0.468 e. The number of hydrogen-bond donors (Lipinski definition) is 1. The summed E-state index contributed by atoms with van der Waals surface area (Å²) in [5, 5.41) is 1.50. The molecule has 0 unspecified atom stereocenters. The summed E-state index contributed by atoms with van der Waals surface area (Å²) in [4.78, 5) is 23.1. The van der Waals surface area contributed by atoms with E-state index in [1.54, 1.807) is 27.7 Å². The van der Waals surface area contributed by atoms with E-state index in [0.717, 1.165) is 0 Å². The van der Waals surface area contributed by atoms with Gasteiger partial charge in [0, 0.05) is 6.04 Å². The maximum absolute atomic E-state index is 11.7. The van der Waals surface area contributed by atoms with Gasteiger partial charge in [0.25, 0.3) is 0 Å². The van der Waals surface area contributed by atoms with E-state index in [1.165, 1.54) is 12.1 Å². The summed E-state index contributed by atoms with van der Waals surface area (Å²) in [7, 11) is 1.31. The van der Waals surface area contributed by atoms with Gasteiger partial charge in [0.1, 0.15) is 11.6 Å². The first-order valence-corrected chi connectivity index (χ1v) is 5.94. The van der Waals surface area contributed by atoms with Crippen molar-refractivity contribution in [2.24, 2.45) is 0 Å². The van der Waals surface area contributed by atoms with Gasteiger partial charge in [-0.2, -0.15) is 0 Å². The molecule has 0 aromatic rings. The summed E-state index contributed by atoms with van der Waals surface area (Å²) in [6.07, 6.45) is -0.591. The summed E-state index contributed by atoms with van der Waals surface area (Å²) in [5.74, 6) is -0.417. The van der Waals surface area contributed by atoms with Gasteiger partial charge < -0.3 is 9.47 Å². The van der Waals surface area contributed by atoms with E-state index in [2.05, 4.69) is 10.2 Å². The predicted octanol–water partition coefficient (Wildman–Crippen LogP) is 1.70. The lowest BCUT2D eigenvalue weighted by molar-refractivity contribution is -0.148. The second kappa shape index (κ2) is 6.58. The molecular weight excluding hydrogens is 236 g/mol. The molecule has 0 saturated carbocycles. The van der Waals surface area contributed by atoms with E-state index in [0.29, 0.717) is 0 Å². The van der Waals surface area contributed by atoms with Crippen LogP contribution in [0.1, 0.15) is 41.5 Å². The van der Waals surface area contributed by atoms with E-state index >= 15 is 0 Å². The number of ether oxygens (including phenoxy) is 2. The Balaban J connectivity index is 4.64. The van der Waals surface area contributed by atoms with Crippen molar-refractivity contribution in [1.29, 1.82) is 0 Å². The van der Waals surface area contributed by atoms with E-state index in [1.807, 2.05) is 13.8 Å². The normalized spacial score (nSPS) is 13.4. The van der Waals surface area contributed by atoms with Crippen LogP contribution in [0.5, 0.6) is 0 Å². The lowest BCUT2D eigenvalue weighted by Crippen LogP contribution is -2.55. The van der Waals surface area contributed by atoms with Crippen LogP contribution in [0.2, 0.25) is 0 Å². The second-order valence-electron chi connectivity index (χ2n) is 5.31. The summed E-state index contributed by atoms with van der Waals surface area (Å²) in [5.41, 5.74) is 1.98. The van der Waals surface area contributed by atoms with Gasteiger partial charge in [0.15, 0.2) is 0 Å². The Morgan fingerprint density at radius 3 is 2.00 bits per heavy atom. The zero-order chi connectivity index (χ0) is 14.5. The minimum atomic E-state index is -0.591. The molecule has 0 radical (unpaired) electrons. The third-order valence-electron chi connectivity index (χ3n) is 2.14. The van der Waals surface area contributed by atoms with E-state index in [9.17, 15) is 9.59 Å². The molecule has 18 heavy (non-hydrogen) atoms. The quantitative estimate of drug-likeness (QED) is 0.615. The highest BCUT2D eigenvalue weighted by molar-refractivity contribution is 5.76. The van der Waals surface area contributed by atoms with Gasteiger partial charge in [-0.3, -0.25) is 10.2 Å². The van der Waals surface area contributed by atoms with Crippen LogP contribution in [0.15, 0.2) is 0 Å². The molecule has 0 aromatic heterocycles. The van der Waals surface area contributed by atoms with Crippen molar-refractivity contribution < 1.29 is 19.1 Å². The fourth-order valence-corrected chi connectivity index (χ4v) is 1.36. The van der Waals surface area contributed by atoms with Gasteiger partial charge in [0.2, 0.25) is 0 Å². The molecule has 0 spiro atoms. The number of hydrazine groups is 1. The Labute approximate surface area is 109 Å². The van der Waals surface area contributed by atoms with Crippen LogP contribution in [0.3, 0.4) is 0 Å². The minimum absolute atomic E-state index is 0.0633. The zero-order valence-electron chi connectivity index (χ0n) is 12.2. The Hall–Kier alpha value is -1.30. The number of methoxy groups -OCH3 is 1. The van der Waals surface area contributed by atoms with Crippen LogP contribution in [0.4, 0.5) is 4.79 Å². The highest BCUT2D eigenvalue weighted by atomic mass is 16.6. The Kier molecular flexibility index (Phi) is 6.11.